The van der Waals surface area contributed by atoms with Crippen molar-refractivity contribution in [2.24, 2.45) is 5.92 Å². The van der Waals surface area contributed by atoms with Gasteiger partial charge in [0, 0.05) is 31.7 Å². The summed E-state index contributed by atoms with van der Waals surface area (Å²) in [4.78, 5) is 38.2. The quantitative estimate of drug-likeness (QED) is 0.448. The molecule has 178 valence electrons. The first-order chi connectivity index (χ1) is 15.3. The van der Waals surface area contributed by atoms with E-state index in [1.807, 2.05) is 18.7 Å². The summed E-state index contributed by atoms with van der Waals surface area (Å²) >= 11 is 0. The summed E-state index contributed by atoms with van der Waals surface area (Å²) in [5, 5.41) is 8.53. The number of anilines is 2. The molecule has 32 heavy (non-hydrogen) atoms. The molecule has 0 atom stereocenters. The van der Waals surface area contributed by atoms with Gasteiger partial charge in [0.15, 0.2) is 0 Å². The number of nitrogens with zero attached hydrogens (tertiary/aromatic N) is 1. The van der Waals surface area contributed by atoms with Gasteiger partial charge in [-0.15, -0.1) is 0 Å². The molecule has 0 spiro atoms. The number of methoxy groups -OCH3 is 1. The number of rotatable bonds is 11. The van der Waals surface area contributed by atoms with Gasteiger partial charge in [-0.3, -0.25) is 19.3 Å². The third-order valence-corrected chi connectivity index (χ3v) is 5.19. The Balaban J connectivity index is 1.75. The number of ether oxygens (including phenoxy) is 2. The lowest BCUT2D eigenvalue weighted by Gasteiger charge is -2.30. The molecule has 1 saturated heterocycles. The number of likely N-dealkylation sites (tertiary alicyclic amines) is 1. The minimum Gasteiger partial charge on any atom is -0.495 e. The van der Waals surface area contributed by atoms with E-state index in [1.54, 1.807) is 18.2 Å². The fourth-order valence-electron chi connectivity index (χ4n) is 3.58. The first kappa shape index (κ1) is 25.6. The van der Waals surface area contributed by atoms with Crippen LogP contribution in [-0.4, -0.2) is 68.6 Å². The van der Waals surface area contributed by atoms with Crippen LogP contribution in [0.2, 0.25) is 0 Å². The molecule has 9 heteroatoms. The van der Waals surface area contributed by atoms with Crippen LogP contribution in [0.25, 0.3) is 0 Å². The molecule has 1 aromatic carbocycles. The zero-order valence-corrected chi connectivity index (χ0v) is 19.5. The molecule has 1 aliphatic heterocycles. The van der Waals surface area contributed by atoms with Crippen molar-refractivity contribution in [3.05, 3.63) is 18.2 Å². The molecule has 3 amide bonds. The van der Waals surface area contributed by atoms with Gasteiger partial charge in [0.25, 0.3) is 0 Å². The summed E-state index contributed by atoms with van der Waals surface area (Å²) < 4.78 is 10.8. The minimum absolute atomic E-state index is 0.0187. The molecule has 0 radical (unpaired) electrons. The Morgan fingerprint density at radius 3 is 2.50 bits per heavy atom. The largest absolute Gasteiger partial charge is 0.495 e. The number of carbonyl (C=O) groups is 3. The average molecular weight is 449 g/mol. The van der Waals surface area contributed by atoms with Crippen LogP contribution < -0.4 is 20.7 Å². The van der Waals surface area contributed by atoms with E-state index in [4.69, 9.17) is 9.47 Å². The number of nitrogens with one attached hydrogen (secondary N) is 3. The van der Waals surface area contributed by atoms with Gasteiger partial charge in [-0.2, -0.15) is 0 Å². The van der Waals surface area contributed by atoms with Crippen molar-refractivity contribution in [1.29, 1.82) is 0 Å². The molecular formula is C23H36N4O5. The summed E-state index contributed by atoms with van der Waals surface area (Å²) in [6.45, 7) is 8.27. The monoisotopic (exact) mass is 448 g/mol. The van der Waals surface area contributed by atoms with Crippen molar-refractivity contribution in [3.8, 4) is 5.75 Å². The maximum absolute atomic E-state index is 12.6. The van der Waals surface area contributed by atoms with Gasteiger partial charge in [-0.25, -0.2) is 0 Å². The van der Waals surface area contributed by atoms with Gasteiger partial charge < -0.3 is 25.4 Å². The van der Waals surface area contributed by atoms with E-state index in [2.05, 4.69) is 16.0 Å². The van der Waals surface area contributed by atoms with Gasteiger partial charge in [0.2, 0.25) is 17.7 Å². The predicted octanol–water partition coefficient (Wildman–Crippen LogP) is 2.24. The van der Waals surface area contributed by atoms with Crippen LogP contribution in [0.3, 0.4) is 0 Å². The van der Waals surface area contributed by atoms with Crippen LogP contribution in [0.5, 0.6) is 5.75 Å². The normalized spacial score (nSPS) is 14.8. The minimum atomic E-state index is -0.191. The van der Waals surface area contributed by atoms with Gasteiger partial charge in [0.05, 0.1) is 25.4 Å². The topological polar surface area (TPSA) is 109 Å². The zero-order chi connectivity index (χ0) is 23.5. The molecule has 2 rings (SSSR count). The lowest BCUT2D eigenvalue weighted by molar-refractivity contribution is -0.126. The van der Waals surface area contributed by atoms with Crippen LogP contribution in [0, 0.1) is 5.92 Å². The second-order valence-electron chi connectivity index (χ2n) is 8.26. The van der Waals surface area contributed by atoms with Gasteiger partial charge in [-0.05, 0) is 64.4 Å². The highest BCUT2D eigenvalue weighted by Gasteiger charge is 2.25. The van der Waals surface area contributed by atoms with Crippen LogP contribution in [0.15, 0.2) is 18.2 Å². The second kappa shape index (κ2) is 13.0. The Morgan fingerprint density at radius 1 is 1.16 bits per heavy atom. The van der Waals surface area contributed by atoms with E-state index in [0.717, 1.165) is 19.3 Å². The van der Waals surface area contributed by atoms with Crippen LogP contribution in [0.4, 0.5) is 11.4 Å². The van der Waals surface area contributed by atoms with Crippen molar-refractivity contribution in [1.82, 2.24) is 10.2 Å². The fraction of sp³-hybridized carbons (Fsp3) is 0.609. The Labute approximate surface area is 190 Å². The Bertz CT molecular complexity index is 776. The van der Waals surface area contributed by atoms with E-state index in [-0.39, 0.29) is 36.3 Å². The molecule has 0 aliphatic carbocycles. The van der Waals surface area contributed by atoms with Crippen LogP contribution in [0.1, 0.15) is 40.0 Å². The van der Waals surface area contributed by atoms with Gasteiger partial charge in [-0.1, -0.05) is 0 Å². The van der Waals surface area contributed by atoms with Crippen LogP contribution in [-0.2, 0) is 19.1 Å². The van der Waals surface area contributed by atoms with Gasteiger partial charge in [0.1, 0.15) is 5.75 Å². The van der Waals surface area contributed by atoms with E-state index in [9.17, 15) is 14.4 Å². The molecule has 0 bridgehead atoms. The molecule has 0 saturated carbocycles. The molecular weight excluding hydrogens is 412 g/mol. The highest BCUT2D eigenvalue weighted by atomic mass is 16.5. The predicted molar refractivity (Wildman–Crippen MR) is 124 cm³/mol. The molecule has 9 nitrogen and oxygen atoms in total. The standard InChI is InChI=1S/C23H36N4O5/c1-16(2)32-13-5-10-24-23(30)18-8-11-27(12-9-18)15-22(29)26-20-14-19(25-17(3)28)6-7-21(20)31-4/h6-7,14,16,18H,5,8-13,15H2,1-4H3,(H,24,30)(H,25,28)(H,26,29). The fourth-order valence-corrected chi connectivity index (χ4v) is 3.58. The average Bonchev–Trinajstić information content (AvgIpc) is 2.73. The van der Waals surface area contributed by atoms with Crippen molar-refractivity contribution < 1.29 is 23.9 Å². The Kier molecular flexibility index (Phi) is 10.4. The SMILES string of the molecule is COc1ccc(NC(C)=O)cc1NC(=O)CN1CCC(C(=O)NCCCOC(C)C)CC1. The number of amides is 3. The second-order valence-corrected chi connectivity index (χ2v) is 8.26. The van der Waals surface area contributed by atoms with E-state index < -0.39 is 0 Å². The molecule has 0 aromatic heterocycles. The summed E-state index contributed by atoms with van der Waals surface area (Å²) in [6.07, 6.45) is 2.45. The lowest BCUT2D eigenvalue weighted by atomic mass is 9.96. The highest BCUT2D eigenvalue weighted by Crippen LogP contribution is 2.28. The summed E-state index contributed by atoms with van der Waals surface area (Å²) in [5.74, 6) is 0.217. The molecule has 1 aromatic rings. The summed E-state index contributed by atoms with van der Waals surface area (Å²) in [7, 11) is 1.52. The Morgan fingerprint density at radius 2 is 1.88 bits per heavy atom. The van der Waals surface area contributed by atoms with E-state index in [0.29, 0.717) is 43.4 Å². The number of hydrogen-bond acceptors (Lipinski definition) is 6. The maximum atomic E-state index is 12.6. The Hall–Kier alpha value is -2.65. The number of carbonyl (C=O) groups excluding carboxylic acids is 3. The molecule has 3 N–H and O–H groups in total. The molecule has 1 fully saturated rings. The third-order valence-electron chi connectivity index (χ3n) is 5.19. The van der Waals surface area contributed by atoms with Crippen molar-refractivity contribution in [2.45, 2.75) is 46.1 Å². The smallest absolute Gasteiger partial charge is 0.238 e. The first-order valence-electron chi connectivity index (χ1n) is 11.2. The summed E-state index contributed by atoms with van der Waals surface area (Å²) in [5.41, 5.74) is 1.08. The molecule has 1 heterocycles. The molecule has 1 aliphatic rings. The zero-order valence-electron chi connectivity index (χ0n) is 19.5. The van der Waals surface area contributed by atoms with E-state index in [1.165, 1.54) is 14.0 Å². The van der Waals surface area contributed by atoms with Crippen molar-refractivity contribution in [3.63, 3.8) is 0 Å². The maximum Gasteiger partial charge on any atom is 0.238 e. The number of piperidine rings is 1. The number of hydrogen-bond donors (Lipinski definition) is 3. The highest BCUT2D eigenvalue weighted by molar-refractivity contribution is 5.95. The van der Waals surface area contributed by atoms with Gasteiger partial charge >= 0.3 is 0 Å². The van der Waals surface area contributed by atoms with E-state index >= 15 is 0 Å². The van der Waals surface area contributed by atoms with Crippen LogP contribution >= 0.6 is 0 Å². The molecule has 0 unspecified atom stereocenters. The third kappa shape index (κ3) is 8.84. The van der Waals surface area contributed by atoms with Crippen molar-refractivity contribution in [2.75, 3.05) is 50.5 Å². The lowest BCUT2D eigenvalue weighted by Crippen LogP contribution is -2.43. The number of benzene rings is 1. The first-order valence-corrected chi connectivity index (χ1v) is 11.2. The van der Waals surface area contributed by atoms with Crippen molar-refractivity contribution >= 4 is 29.1 Å². The summed E-state index contributed by atoms with van der Waals surface area (Å²) in [6, 6.07) is 5.07.